The van der Waals surface area contributed by atoms with Crippen LogP contribution in [-0.4, -0.2) is 24.2 Å². The third-order valence-corrected chi connectivity index (χ3v) is 3.68. The first kappa shape index (κ1) is 13.9. The van der Waals surface area contributed by atoms with Crippen molar-refractivity contribution in [3.63, 3.8) is 0 Å². The lowest BCUT2D eigenvalue weighted by Gasteiger charge is -2.34. The number of rotatable bonds is 1. The van der Waals surface area contributed by atoms with E-state index < -0.39 is 12.1 Å². The molecular weight excluding hydrogens is 332 g/mol. The van der Waals surface area contributed by atoms with E-state index in [1.165, 1.54) is 0 Å². The summed E-state index contributed by atoms with van der Waals surface area (Å²) in [5.74, 6) is -0.874. The molecule has 0 bridgehead atoms. The number of hydrogen-bond acceptors (Lipinski definition) is 2. The van der Waals surface area contributed by atoms with Crippen molar-refractivity contribution in [1.29, 1.82) is 0 Å². The fourth-order valence-electron chi connectivity index (χ4n) is 2.08. The predicted octanol–water partition coefficient (Wildman–Crippen LogP) is 4.28. The zero-order chi connectivity index (χ0) is 13.3. The first-order chi connectivity index (χ1) is 8.38. The van der Waals surface area contributed by atoms with Gasteiger partial charge < -0.3 is 4.90 Å². The summed E-state index contributed by atoms with van der Waals surface area (Å²) in [5.41, 5.74) is 0. The molecule has 0 amide bonds. The minimum absolute atomic E-state index is 0.0716. The molecule has 0 N–H and O–H groups in total. The van der Waals surface area contributed by atoms with Gasteiger partial charge in [0.05, 0.1) is 10.9 Å². The molecule has 0 aliphatic carbocycles. The number of pyridine rings is 1. The van der Waals surface area contributed by atoms with Crippen LogP contribution in [0.1, 0.15) is 12.8 Å². The van der Waals surface area contributed by atoms with Gasteiger partial charge in [-0.1, -0.05) is 11.6 Å². The molecule has 1 fully saturated rings. The number of alkyl halides is 3. The van der Waals surface area contributed by atoms with E-state index in [0.717, 1.165) is 0 Å². The fraction of sp³-hybridized carbons (Fsp3) is 0.545. The van der Waals surface area contributed by atoms with Crippen LogP contribution in [0.2, 0.25) is 5.02 Å². The van der Waals surface area contributed by atoms with Gasteiger partial charge in [-0.05, 0) is 34.8 Å². The number of halogens is 5. The van der Waals surface area contributed by atoms with Crippen LogP contribution in [0.5, 0.6) is 0 Å². The molecule has 1 saturated heterocycles. The Kier molecular flexibility index (Phi) is 4.06. The van der Waals surface area contributed by atoms with E-state index in [2.05, 4.69) is 20.9 Å². The largest absolute Gasteiger partial charge is 0.393 e. The molecule has 1 atom stereocenters. The van der Waals surface area contributed by atoms with E-state index in [1.807, 2.05) is 0 Å². The minimum Gasteiger partial charge on any atom is -0.355 e. The molecular formula is C11H11BrClF3N2. The summed E-state index contributed by atoms with van der Waals surface area (Å²) in [4.78, 5) is 5.71. The smallest absolute Gasteiger partial charge is 0.355 e. The number of hydrogen-bond donors (Lipinski definition) is 0. The lowest BCUT2D eigenvalue weighted by Crippen LogP contribution is -2.42. The van der Waals surface area contributed by atoms with Crippen molar-refractivity contribution in [3.05, 3.63) is 21.8 Å². The summed E-state index contributed by atoms with van der Waals surface area (Å²) in [7, 11) is 0. The molecule has 0 spiro atoms. The lowest BCUT2D eigenvalue weighted by atomic mass is 9.97. The Bertz CT molecular complexity index is 439. The van der Waals surface area contributed by atoms with Crippen LogP contribution in [-0.2, 0) is 0 Å². The summed E-state index contributed by atoms with van der Waals surface area (Å²) in [6, 6.07) is 1.64. The highest BCUT2D eigenvalue weighted by molar-refractivity contribution is 9.10. The van der Waals surface area contributed by atoms with Crippen molar-refractivity contribution < 1.29 is 13.2 Å². The first-order valence-corrected chi connectivity index (χ1v) is 6.67. The molecule has 2 rings (SSSR count). The van der Waals surface area contributed by atoms with Gasteiger partial charge in [0.1, 0.15) is 5.82 Å². The monoisotopic (exact) mass is 342 g/mol. The maximum absolute atomic E-state index is 12.7. The molecule has 100 valence electrons. The third-order valence-electron chi connectivity index (χ3n) is 2.97. The summed E-state index contributed by atoms with van der Waals surface area (Å²) >= 11 is 9.23. The maximum atomic E-state index is 12.7. The predicted molar refractivity (Wildman–Crippen MR) is 67.9 cm³/mol. The molecule has 1 aromatic heterocycles. The molecule has 1 aliphatic rings. The summed E-state index contributed by atoms with van der Waals surface area (Å²) < 4.78 is 38.8. The average Bonchev–Trinajstić information content (AvgIpc) is 2.28. The molecule has 0 saturated carbocycles. The van der Waals surface area contributed by atoms with E-state index >= 15 is 0 Å². The van der Waals surface area contributed by atoms with E-state index in [0.29, 0.717) is 28.3 Å². The van der Waals surface area contributed by atoms with Gasteiger partial charge in [0.2, 0.25) is 0 Å². The zero-order valence-corrected chi connectivity index (χ0v) is 11.7. The van der Waals surface area contributed by atoms with Crippen molar-refractivity contribution in [2.75, 3.05) is 18.0 Å². The molecule has 0 aromatic carbocycles. The standard InChI is InChI=1S/C11H11BrClF3N2/c12-8-4-9(13)10(17-5-8)18-3-1-2-7(6-18)11(14,15)16/h4-5,7H,1-3,6H2. The zero-order valence-electron chi connectivity index (χ0n) is 9.34. The van der Waals surface area contributed by atoms with Crippen molar-refractivity contribution in [2.24, 2.45) is 5.92 Å². The Hall–Kier alpha value is -0.490. The second kappa shape index (κ2) is 5.25. The highest BCUT2D eigenvalue weighted by atomic mass is 79.9. The Labute approximate surface area is 116 Å². The Morgan fingerprint density at radius 3 is 2.78 bits per heavy atom. The normalized spacial score (nSPS) is 21.2. The van der Waals surface area contributed by atoms with Gasteiger partial charge in [-0.2, -0.15) is 13.2 Å². The summed E-state index contributed by atoms with van der Waals surface area (Å²) in [5, 5.41) is 0.368. The molecule has 18 heavy (non-hydrogen) atoms. The van der Waals surface area contributed by atoms with Crippen molar-refractivity contribution >= 4 is 33.3 Å². The van der Waals surface area contributed by atoms with Gasteiger partial charge in [0, 0.05) is 23.8 Å². The van der Waals surface area contributed by atoms with Crippen LogP contribution >= 0.6 is 27.5 Å². The molecule has 7 heteroatoms. The van der Waals surface area contributed by atoms with Gasteiger partial charge in [-0.3, -0.25) is 0 Å². The number of anilines is 1. The van der Waals surface area contributed by atoms with Crippen LogP contribution in [0.15, 0.2) is 16.7 Å². The fourth-order valence-corrected chi connectivity index (χ4v) is 2.83. The Morgan fingerprint density at radius 1 is 1.44 bits per heavy atom. The van der Waals surface area contributed by atoms with Gasteiger partial charge in [0.15, 0.2) is 0 Å². The Balaban J connectivity index is 2.18. The van der Waals surface area contributed by atoms with Gasteiger partial charge in [-0.25, -0.2) is 4.98 Å². The highest BCUT2D eigenvalue weighted by Crippen LogP contribution is 2.36. The SMILES string of the molecule is FC(F)(F)C1CCCN(c2ncc(Br)cc2Cl)C1. The molecule has 0 radical (unpaired) electrons. The molecule has 2 nitrogen and oxygen atoms in total. The van der Waals surface area contributed by atoms with Crippen LogP contribution in [0.25, 0.3) is 0 Å². The lowest BCUT2D eigenvalue weighted by molar-refractivity contribution is -0.176. The highest BCUT2D eigenvalue weighted by Gasteiger charge is 2.42. The third kappa shape index (κ3) is 3.09. The number of aromatic nitrogens is 1. The van der Waals surface area contributed by atoms with Crippen LogP contribution in [0.3, 0.4) is 0 Å². The van der Waals surface area contributed by atoms with Gasteiger partial charge >= 0.3 is 6.18 Å². The quantitative estimate of drug-likeness (QED) is 0.757. The minimum atomic E-state index is -4.15. The summed E-state index contributed by atoms with van der Waals surface area (Å²) in [6.07, 6.45) is -1.94. The number of piperidine rings is 1. The molecule has 1 aromatic rings. The Morgan fingerprint density at radius 2 is 2.17 bits per heavy atom. The second-order valence-corrected chi connectivity index (χ2v) is 5.61. The van der Waals surface area contributed by atoms with E-state index in [1.54, 1.807) is 17.2 Å². The van der Waals surface area contributed by atoms with Crippen LogP contribution in [0, 0.1) is 5.92 Å². The van der Waals surface area contributed by atoms with Crippen molar-refractivity contribution in [3.8, 4) is 0 Å². The average molecular weight is 344 g/mol. The second-order valence-electron chi connectivity index (χ2n) is 4.29. The topological polar surface area (TPSA) is 16.1 Å². The number of nitrogens with zero attached hydrogens (tertiary/aromatic N) is 2. The van der Waals surface area contributed by atoms with E-state index in [-0.39, 0.29) is 13.0 Å². The summed E-state index contributed by atoms with van der Waals surface area (Å²) in [6.45, 7) is 0.485. The molecule has 2 heterocycles. The van der Waals surface area contributed by atoms with E-state index in [9.17, 15) is 13.2 Å². The maximum Gasteiger partial charge on any atom is 0.393 e. The van der Waals surface area contributed by atoms with Crippen molar-refractivity contribution in [2.45, 2.75) is 19.0 Å². The van der Waals surface area contributed by atoms with Gasteiger partial charge in [-0.15, -0.1) is 0 Å². The van der Waals surface area contributed by atoms with E-state index in [4.69, 9.17) is 11.6 Å². The molecule has 1 aliphatic heterocycles. The van der Waals surface area contributed by atoms with Crippen LogP contribution < -0.4 is 4.90 Å². The van der Waals surface area contributed by atoms with Crippen molar-refractivity contribution in [1.82, 2.24) is 4.98 Å². The molecule has 1 unspecified atom stereocenters. The van der Waals surface area contributed by atoms with Gasteiger partial charge in [0.25, 0.3) is 0 Å². The van der Waals surface area contributed by atoms with Crippen LogP contribution in [0.4, 0.5) is 19.0 Å². The first-order valence-electron chi connectivity index (χ1n) is 5.50.